The Labute approximate surface area is 184 Å². The second kappa shape index (κ2) is 9.44. The van der Waals surface area contributed by atoms with Crippen molar-refractivity contribution in [1.29, 1.82) is 0 Å². The molecule has 0 unspecified atom stereocenters. The number of nitrogens with zero attached hydrogens (tertiary/aromatic N) is 4. The summed E-state index contributed by atoms with van der Waals surface area (Å²) in [4.78, 5) is 12.5. The minimum atomic E-state index is -0.155. The second-order valence-corrected chi connectivity index (χ2v) is 7.89. The summed E-state index contributed by atoms with van der Waals surface area (Å²) < 4.78 is 7.48. The molecule has 1 N–H and O–H groups in total. The zero-order valence-electron chi connectivity index (χ0n) is 17.1. The number of aromatic nitrogens is 4. The highest BCUT2D eigenvalue weighted by molar-refractivity contribution is 7.99. The van der Waals surface area contributed by atoms with E-state index in [0.717, 1.165) is 22.6 Å². The van der Waals surface area contributed by atoms with E-state index < -0.39 is 0 Å². The van der Waals surface area contributed by atoms with Crippen LogP contribution in [0, 0.1) is 13.8 Å². The number of hydrogen-bond acceptors (Lipinski definition) is 6. The number of carbonyl (C=O) groups is 1. The third kappa shape index (κ3) is 5.29. The van der Waals surface area contributed by atoms with Crippen LogP contribution in [-0.2, 0) is 4.79 Å². The molecule has 4 rings (SSSR count). The molecule has 0 atom stereocenters. The monoisotopic (exact) mass is 431 g/mol. The lowest BCUT2D eigenvalue weighted by molar-refractivity contribution is -0.113. The summed E-state index contributed by atoms with van der Waals surface area (Å²) in [5, 5.41) is 15.4. The number of carbonyl (C=O) groups excluding carboxylic acids is 1. The molecule has 31 heavy (non-hydrogen) atoms. The Morgan fingerprint density at radius 3 is 2.65 bits per heavy atom. The summed E-state index contributed by atoms with van der Waals surface area (Å²) in [5.74, 6) is 1.40. The quantitative estimate of drug-likeness (QED) is 0.423. The highest BCUT2D eigenvalue weighted by Gasteiger charge is 2.13. The number of aryl methyl sites for hydroxylation is 2. The molecule has 4 aromatic rings. The first-order valence-corrected chi connectivity index (χ1v) is 10.7. The summed E-state index contributed by atoms with van der Waals surface area (Å²) in [5.41, 5.74) is 3.73. The lowest BCUT2D eigenvalue weighted by Crippen LogP contribution is -2.14. The fourth-order valence-corrected chi connectivity index (χ4v) is 3.64. The standard InChI is InChI=1S/C23H21N5O2S/c1-16-11-12-17(2)21(13-16)28-23(25-26-27-28)31-15-22(29)24-18-7-6-10-20(14-18)30-19-8-4-3-5-9-19/h3-14H,15H2,1-2H3,(H,24,29). The van der Waals surface area contributed by atoms with Crippen LogP contribution in [0.4, 0.5) is 5.69 Å². The molecule has 0 aliphatic carbocycles. The van der Waals surface area contributed by atoms with Crippen molar-refractivity contribution in [2.24, 2.45) is 0 Å². The van der Waals surface area contributed by atoms with Gasteiger partial charge in [-0.25, -0.2) is 0 Å². The third-order valence-corrected chi connectivity index (χ3v) is 5.38. The Balaban J connectivity index is 1.39. The molecule has 1 aromatic heterocycles. The van der Waals surface area contributed by atoms with Crippen LogP contribution in [0.3, 0.4) is 0 Å². The molecule has 0 aliphatic rings. The van der Waals surface area contributed by atoms with Crippen LogP contribution in [0.2, 0.25) is 0 Å². The van der Waals surface area contributed by atoms with Gasteiger partial charge in [-0.1, -0.05) is 48.2 Å². The van der Waals surface area contributed by atoms with Gasteiger partial charge in [0.2, 0.25) is 11.1 Å². The molecule has 3 aromatic carbocycles. The average Bonchev–Trinajstić information content (AvgIpc) is 3.23. The van der Waals surface area contributed by atoms with Crippen LogP contribution in [0.25, 0.3) is 5.69 Å². The topological polar surface area (TPSA) is 81.9 Å². The van der Waals surface area contributed by atoms with Crippen LogP contribution >= 0.6 is 11.8 Å². The number of anilines is 1. The van der Waals surface area contributed by atoms with Crippen molar-refractivity contribution in [3.05, 3.63) is 83.9 Å². The Morgan fingerprint density at radius 2 is 1.81 bits per heavy atom. The summed E-state index contributed by atoms with van der Waals surface area (Å²) in [7, 11) is 0. The number of hydrogen-bond donors (Lipinski definition) is 1. The number of tetrazole rings is 1. The van der Waals surface area contributed by atoms with Gasteiger partial charge >= 0.3 is 0 Å². The third-order valence-electron chi connectivity index (χ3n) is 4.46. The molecule has 156 valence electrons. The van der Waals surface area contributed by atoms with Crippen LogP contribution in [0.5, 0.6) is 11.5 Å². The van der Waals surface area contributed by atoms with E-state index in [0.29, 0.717) is 16.6 Å². The van der Waals surface area contributed by atoms with Crippen molar-refractivity contribution >= 4 is 23.4 Å². The Hall–Kier alpha value is -3.65. The van der Waals surface area contributed by atoms with Gasteiger partial charge in [-0.15, -0.1) is 5.10 Å². The maximum Gasteiger partial charge on any atom is 0.234 e. The molecular formula is C23H21N5O2S. The van der Waals surface area contributed by atoms with Gasteiger partial charge in [-0.05, 0) is 65.7 Å². The zero-order valence-corrected chi connectivity index (χ0v) is 18.0. The minimum absolute atomic E-state index is 0.155. The van der Waals surface area contributed by atoms with Gasteiger partial charge in [0, 0.05) is 11.8 Å². The number of benzene rings is 3. The maximum atomic E-state index is 12.5. The fourth-order valence-electron chi connectivity index (χ4n) is 2.96. The molecule has 0 spiro atoms. The van der Waals surface area contributed by atoms with E-state index >= 15 is 0 Å². The van der Waals surface area contributed by atoms with Crippen molar-refractivity contribution < 1.29 is 9.53 Å². The first-order chi connectivity index (χ1) is 15.1. The number of thioether (sulfide) groups is 1. The molecule has 0 saturated carbocycles. The van der Waals surface area contributed by atoms with E-state index in [2.05, 4.69) is 20.8 Å². The summed E-state index contributed by atoms with van der Waals surface area (Å²) >= 11 is 1.28. The van der Waals surface area contributed by atoms with Crippen LogP contribution < -0.4 is 10.1 Å². The molecule has 0 saturated heterocycles. The van der Waals surface area contributed by atoms with E-state index in [4.69, 9.17) is 4.74 Å². The minimum Gasteiger partial charge on any atom is -0.457 e. The number of para-hydroxylation sites is 1. The van der Waals surface area contributed by atoms with E-state index in [9.17, 15) is 4.79 Å². The lowest BCUT2D eigenvalue weighted by atomic mass is 10.1. The van der Waals surface area contributed by atoms with Crippen LogP contribution in [0.1, 0.15) is 11.1 Å². The van der Waals surface area contributed by atoms with E-state index in [1.807, 2.05) is 80.6 Å². The summed E-state index contributed by atoms with van der Waals surface area (Å²) in [6.07, 6.45) is 0. The van der Waals surface area contributed by atoms with Gasteiger partial charge in [0.05, 0.1) is 11.4 Å². The van der Waals surface area contributed by atoms with Crippen molar-refractivity contribution in [3.63, 3.8) is 0 Å². The van der Waals surface area contributed by atoms with E-state index in [-0.39, 0.29) is 11.7 Å². The van der Waals surface area contributed by atoms with E-state index in [1.165, 1.54) is 11.8 Å². The van der Waals surface area contributed by atoms with Gasteiger partial charge in [0.15, 0.2) is 0 Å². The fraction of sp³-hybridized carbons (Fsp3) is 0.130. The van der Waals surface area contributed by atoms with Crippen molar-refractivity contribution in [2.75, 3.05) is 11.1 Å². The molecule has 7 nitrogen and oxygen atoms in total. The van der Waals surface area contributed by atoms with E-state index in [1.54, 1.807) is 10.7 Å². The van der Waals surface area contributed by atoms with Crippen molar-refractivity contribution in [1.82, 2.24) is 20.2 Å². The molecule has 1 heterocycles. The maximum absolute atomic E-state index is 12.5. The number of rotatable bonds is 7. The van der Waals surface area contributed by atoms with Gasteiger partial charge < -0.3 is 10.1 Å². The summed E-state index contributed by atoms with van der Waals surface area (Å²) in [6, 6.07) is 22.9. The predicted molar refractivity (Wildman–Crippen MR) is 121 cm³/mol. The predicted octanol–water partition coefficient (Wildman–Crippen LogP) is 4.80. The van der Waals surface area contributed by atoms with Gasteiger partial charge in [-0.2, -0.15) is 4.68 Å². The number of amides is 1. The molecule has 0 bridgehead atoms. The molecule has 0 radical (unpaired) electrons. The Morgan fingerprint density at radius 1 is 1.00 bits per heavy atom. The average molecular weight is 432 g/mol. The normalized spacial score (nSPS) is 10.6. The Kier molecular flexibility index (Phi) is 6.28. The van der Waals surface area contributed by atoms with Crippen molar-refractivity contribution in [2.45, 2.75) is 19.0 Å². The van der Waals surface area contributed by atoms with Crippen LogP contribution in [-0.4, -0.2) is 31.9 Å². The lowest BCUT2D eigenvalue weighted by Gasteiger charge is -2.10. The molecule has 8 heteroatoms. The highest BCUT2D eigenvalue weighted by atomic mass is 32.2. The SMILES string of the molecule is Cc1ccc(C)c(-n2nnnc2SCC(=O)Nc2cccc(Oc3ccccc3)c2)c1. The number of nitrogens with one attached hydrogen (secondary N) is 1. The molecule has 0 fully saturated rings. The van der Waals surface area contributed by atoms with Crippen LogP contribution in [0.15, 0.2) is 78.0 Å². The van der Waals surface area contributed by atoms with Gasteiger partial charge in [0.1, 0.15) is 11.5 Å². The summed E-state index contributed by atoms with van der Waals surface area (Å²) in [6.45, 7) is 4.02. The Bertz CT molecular complexity index is 1190. The highest BCUT2D eigenvalue weighted by Crippen LogP contribution is 2.25. The van der Waals surface area contributed by atoms with Gasteiger partial charge in [0.25, 0.3) is 0 Å². The smallest absolute Gasteiger partial charge is 0.234 e. The first kappa shape index (κ1) is 20.6. The van der Waals surface area contributed by atoms with Crippen molar-refractivity contribution in [3.8, 4) is 17.2 Å². The first-order valence-electron chi connectivity index (χ1n) is 9.70. The largest absolute Gasteiger partial charge is 0.457 e. The molecule has 1 amide bonds. The number of ether oxygens (including phenoxy) is 1. The molecule has 0 aliphatic heterocycles. The molecular weight excluding hydrogens is 410 g/mol. The zero-order chi connectivity index (χ0) is 21.6. The van der Waals surface area contributed by atoms with Gasteiger partial charge in [-0.3, -0.25) is 4.79 Å². The second-order valence-electron chi connectivity index (χ2n) is 6.94.